The molecule has 0 rings (SSSR count). The maximum atomic E-state index is 9.60. The summed E-state index contributed by atoms with van der Waals surface area (Å²) in [5.74, 6) is -1.87. The minimum atomic E-state index is -0.935. The number of aliphatic hydroxyl groups is 1. The molecule has 0 aliphatic heterocycles. The van der Waals surface area contributed by atoms with Crippen molar-refractivity contribution >= 4 is 11.9 Å². The van der Waals surface area contributed by atoms with Crippen molar-refractivity contribution in [3.63, 3.8) is 0 Å². The molecule has 0 bridgehead atoms. The third kappa shape index (κ3) is 29.9. The van der Waals surface area contributed by atoms with Crippen molar-refractivity contribution in [3.05, 3.63) is 24.3 Å². The van der Waals surface area contributed by atoms with E-state index in [0.717, 1.165) is 0 Å². The van der Waals surface area contributed by atoms with Gasteiger partial charge in [0.15, 0.2) is 0 Å². The van der Waals surface area contributed by atoms with Gasteiger partial charge < -0.3 is 24.8 Å². The molecule has 0 spiro atoms. The Balaban J connectivity index is -0.000000221. The summed E-state index contributed by atoms with van der Waals surface area (Å²) < 4.78 is 9.53. The molecule has 7 nitrogen and oxygen atoms in total. The number of carboxylic acids is 2. The Morgan fingerprint density at radius 1 is 0.950 bits per heavy atom. The Bertz CT molecular complexity index is 243. The minimum absolute atomic E-state index is 0.0870. The molecule has 0 fully saturated rings. The number of methoxy groups -OCH3 is 1. The van der Waals surface area contributed by atoms with Gasteiger partial charge in [-0.2, -0.15) is 0 Å². The lowest BCUT2D eigenvalue weighted by Gasteiger charge is -1.98. The monoisotopic (exact) mass is 292 g/mol. The Hall–Kier alpha value is -1.70. The van der Waals surface area contributed by atoms with Crippen molar-refractivity contribution in [1.29, 1.82) is 0 Å². The topological polar surface area (TPSA) is 113 Å². The first kappa shape index (κ1) is 23.4. The lowest BCUT2D eigenvalue weighted by molar-refractivity contribution is -0.133. The first-order chi connectivity index (χ1) is 9.20. The average molecular weight is 292 g/mol. The van der Waals surface area contributed by atoms with Crippen LogP contribution in [0.4, 0.5) is 0 Å². The summed E-state index contributed by atoms with van der Waals surface area (Å²) in [6, 6.07) is 0. The molecule has 20 heavy (non-hydrogen) atoms. The van der Waals surface area contributed by atoms with Gasteiger partial charge in [0.25, 0.3) is 0 Å². The van der Waals surface area contributed by atoms with E-state index in [4.69, 9.17) is 20.1 Å². The number of rotatable bonds is 7. The largest absolute Gasteiger partial charge is 0.478 e. The van der Waals surface area contributed by atoms with Crippen LogP contribution >= 0.6 is 0 Å². The predicted octanol–water partition coefficient (Wildman–Crippen LogP) is 0.936. The fourth-order valence-electron chi connectivity index (χ4n) is 0.309. The highest BCUT2D eigenvalue weighted by Gasteiger charge is 1.90. The Kier molecular flexibility index (Phi) is 20.2. The maximum absolute atomic E-state index is 9.60. The lowest BCUT2D eigenvalue weighted by Crippen LogP contribution is -2.05. The fourth-order valence-corrected chi connectivity index (χ4v) is 0.309. The molecule has 0 heterocycles. The van der Waals surface area contributed by atoms with E-state index in [9.17, 15) is 9.59 Å². The Morgan fingerprint density at radius 3 is 1.50 bits per heavy atom. The van der Waals surface area contributed by atoms with Crippen LogP contribution in [0.1, 0.15) is 13.8 Å². The molecule has 0 aromatic heterocycles. The number of carboxylic acid groups (broad SMARTS) is 2. The SMILES string of the molecule is C=C(C)C(=O)O.C=C(C)C(=O)O.COCCOCCO. The van der Waals surface area contributed by atoms with Gasteiger partial charge in [-0.3, -0.25) is 0 Å². The van der Waals surface area contributed by atoms with Crippen LogP contribution in [0.25, 0.3) is 0 Å². The standard InChI is InChI=1S/C5H12O3.2C4H6O2/c1-7-4-5-8-3-2-6;2*1-3(2)4(5)6/h6H,2-5H2,1H3;2*1H2,2H3,(H,5,6). The zero-order valence-corrected chi connectivity index (χ0v) is 12.2. The molecular weight excluding hydrogens is 268 g/mol. The first-order valence-electron chi connectivity index (χ1n) is 5.65. The smallest absolute Gasteiger partial charge is 0.330 e. The van der Waals surface area contributed by atoms with E-state index in [-0.39, 0.29) is 17.8 Å². The second kappa shape index (κ2) is 17.3. The van der Waals surface area contributed by atoms with Crippen LogP contribution in [0.2, 0.25) is 0 Å². The van der Waals surface area contributed by atoms with Gasteiger partial charge in [-0.15, -0.1) is 0 Å². The highest BCUT2D eigenvalue weighted by molar-refractivity contribution is 5.85. The second-order valence-electron chi connectivity index (χ2n) is 3.50. The van der Waals surface area contributed by atoms with Crippen molar-refractivity contribution < 1.29 is 34.4 Å². The van der Waals surface area contributed by atoms with Crippen molar-refractivity contribution in [2.45, 2.75) is 13.8 Å². The van der Waals surface area contributed by atoms with Crippen LogP contribution in [0.3, 0.4) is 0 Å². The molecule has 0 saturated heterocycles. The van der Waals surface area contributed by atoms with Gasteiger partial charge in [0.1, 0.15) is 0 Å². The van der Waals surface area contributed by atoms with E-state index in [1.54, 1.807) is 7.11 Å². The van der Waals surface area contributed by atoms with Crippen molar-refractivity contribution in [3.8, 4) is 0 Å². The Morgan fingerprint density at radius 2 is 1.30 bits per heavy atom. The number of hydrogen-bond acceptors (Lipinski definition) is 5. The van der Waals surface area contributed by atoms with Gasteiger partial charge in [0.05, 0.1) is 26.4 Å². The lowest BCUT2D eigenvalue weighted by atomic mass is 10.4. The van der Waals surface area contributed by atoms with Gasteiger partial charge in [0.2, 0.25) is 0 Å². The van der Waals surface area contributed by atoms with E-state index in [2.05, 4.69) is 17.9 Å². The van der Waals surface area contributed by atoms with E-state index in [1.165, 1.54) is 13.8 Å². The van der Waals surface area contributed by atoms with E-state index in [0.29, 0.717) is 19.8 Å². The second-order valence-corrected chi connectivity index (χ2v) is 3.50. The molecule has 3 N–H and O–H groups in total. The van der Waals surface area contributed by atoms with Crippen LogP contribution in [0, 0.1) is 0 Å². The summed E-state index contributed by atoms with van der Waals surface area (Å²) in [7, 11) is 1.61. The van der Waals surface area contributed by atoms with Crippen LogP contribution in [0.5, 0.6) is 0 Å². The maximum Gasteiger partial charge on any atom is 0.330 e. The first-order valence-corrected chi connectivity index (χ1v) is 5.65. The summed E-state index contributed by atoms with van der Waals surface area (Å²) in [6.45, 7) is 10.9. The summed E-state index contributed by atoms with van der Waals surface area (Å²) >= 11 is 0. The molecule has 0 aromatic rings. The molecule has 0 atom stereocenters. The van der Waals surface area contributed by atoms with Crippen LogP contribution in [-0.2, 0) is 19.1 Å². The normalized spacial score (nSPS) is 8.40. The van der Waals surface area contributed by atoms with E-state index < -0.39 is 11.9 Å². The highest BCUT2D eigenvalue weighted by atomic mass is 16.5. The van der Waals surface area contributed by atoms with Gasteiger partial charge in [-0.05, 0) is 13.8 Å². The van der Waals surface area contributed by atoms with Crippen LogP contribution in [0.15, 0.2) is 24.3 Å². The molecule has 0 radical (unpaired) electrons. The quantitative estimate of drug-likeness (QED) is 0.472. The number of aliphatic hydroxyl groups excluding tert-OH is 1. The molecule has 0 unspecified atom stereocenters. The zero-order chi connectivity index (χ0) is 16.6. The van der Waals surface area contributed by atoms with Gasteiger partial charge in [-0.25, -0.2) is 9.59 Å². The van der Waals surface area contributed by atoms with Crippen molar-refractivity contribution in [2.24, 2.45) is 0 Å². The molecule has 0 aliphatic carbocycles. The number of carbonyl (C=O) groups is 2. The third-order valence-electron chi connectivity index (χ3n) is 1.40. The third-order valence-corrected chi connectivity index (χ3v) is 1.40. The highest BCUT2D eigenvalue weighted by Crippen LogP contribution is 1.81. The molecule has 0 aromatic carbocycles. The summed E-state index contributed by atoms with van der Waals surface area (Å²) in [4.78, 5) is 19.2. The average Bonchev–Trinajstić information content (AvgIpc) is 2.36. The number of hydrogen-bond donors (Lipinski definition) is 3. The van der Waals surface area contributed by atoms with Gasteiger partial charge >= 0.3 is 11.9 Å². The number of ether oxygens (including phenoxy) is 2. The summed E-state index contributed by atoms with van der Waals surface area (Å²) in [5, 5.41) is 24.0. The zero-order valence-electron chi connectivity index (χ0n) is 12.2. The molecule has 7 heteroatoms. The fraction of sp³-hybridized carbons (Fsp3) is 0.538. The molecule has 0 aliphatic rings. The van der Waals surface area contributed by atoms with Crippen LogP contribution < -0.4 is 0 Å². The molecule has 0 amide bonds. The number of aliphatic carboxylic acids is 2. The van der Waals surface area contributed by atoms with Crippen molar-refractivity contribution in [2.75, 3.05) is 33.5 Å². The van der Waals surface area contributed by atoms with Gasteiger partial charge in [-0.1, -0.05) is 13.2 Å². The molecular formula is C13H24O7. The molecule has 118 valence electrons. The van der Waals surface area contributed by atoms with Crippen LogP contribution in [-0.4, -0.2) is 60.8 Å². The summed E-state index contributed by atoms with van der Waals surface area (Å²) in [5.41, 5.74) is 0.352. The predicted molar refractivity (Wildman–Crippen MR) is 74.7 cm³/mol. The minimum Gasteiger partial charge on any atom is -0.478 e. The van der Waals surface area contributed by atoms with Gasteiger partial charge in [0, 0.05) is 18.3 Å². The van der Waals surface area contributed by atoms with E-state index >= 15 is 0 Å². The van der Waals surface area contributed by atoms with Crippen molar-refractivity contribution in [1.82, 2.24) is 0 Å². The Labute approximate surface area is 119 Å². The molecule has 0 saturated carbocycles. The van der Waals surface area contributed by atoms with E-state index in [1.807, 2.05) is 0 Å². The summed E-state index contributed by atoms with van der Waals surface area (Å²) in [6.07, 6.45) is 0.